The highest BCUT2D eigenvalue weighted by molar-refractivity contribution is 5.92. The Morgan fingerprint density at radius 3 is 2.95 bits per heavy atom. The number of amides is 1. The van der Waals surface area contributed by atoms with Crippen LogP contribution in [-0.2, 0) is 0 Å². The van der Waals surface area contributed by atoms with E-state index < -0.39 is 0 Å². The Kier molecular flexibility index (Phi) is 3.72. The summed E-state index contributed by atoms with van der Waals surface area (Å²) < 4.78 is 0. The highest BCUT2D eigenvalue weighted by atomic mass is 16.2. The van der Waals surface area contributed by atoms with Gasteiger partial charge in [0.2, 0.25) is 0 Å². The molecule has 108 valence electrons. The summed E-state index contributed by atoms with van der Waals surface area (Å²) in [5.74, 6) is 0.0266. The highest BCUT2D eigenvalue weighted by Crippen LogP contribution is 2.25. The van der Waals surface area contributed by atoms with Crippen molar-refractivity contribution < 1.29 is 4.79 Å². The Balaban J connectivity index is 1.77. The highest BCUT2D eigenvalue weighted by Gasteiger charge is 2.26. The average Bonchev–Trinajstić information content (AvgIpc) is 2.55. The molecule has 3 rings (SSSR count). The third-order valence-corrected chi connectivity index (χ3v) is 3.65. The van der Waals surface area contributed by atoms with E-state index in [9.17, 15) is 9.59 Å². The van der Waals surface area contributed by atoms with Gasteiger partial charge in [0.1, 0.15) is 12.0 Å². The molecule has 1 saturated heterocycles. The summed E-state index contributed by atoms with van der Waals surface area (Å²) >= 11 is 0. The van der Waals surface area contributed by atoms with Crippen molar-refractivity contribution in [2.24, 2.45) is 0 Å². The second-order valence-corrected chi connectivity index (χ2v) is 5.02. The summed E-state index contributed by atoms with van der Waals surface area (Å²) in [6, 6.07) is 3.41. The number of piperidine rings is 1. The number of carbonyl (C=O) groups is 1. The maximum absolute atomic E-state index is 12.4. The van der Waals surface area contributed by atoms with Gasteiger partial charge in [0.25, 0.3) is 5.91 Å². The van der Waals surface area contributed by atoms with Crippen molar-refractivity contribution in [3.63, 3.8) is 0 Å². The van der Waals surface area contributed by atoms with Gasteiger partial charge in [-0.1, -0.05) is 0 Å². The van der Waals surface area contributed by atoms with Crippen molar-refractivity contribution in [2.45, 2.75) is 18.8 Å². The van der Waals surface area contributed by atoms with E-state index >= 15 is 0 Å². The van der Waals surface area contributed by atoms with E-state index in [2.05, 4.69) is 19.9 Å². The van der Waals surface area contributed by atoms with Crippen molar-refractivity contribution in [1.82, 2.24) is 24.8 Å². The van der Waals surface area contributed by atoms with Gasteiger partial charge < -0.3 is 9.88 Å². The van der Waals surface area contributed by atoms with Crippen molar-refractivity contribution in [3.8, 4) is 0 Å². The molecule has 0 aromatic carbocycles. The van der Waals surface area contributed by atoms with Crippen LogP contribution in [0.3, 0.4) is 0 Å². The first kappa shape index (κ1) is 13.4. The molecule has 1 aliphatic heterocycles. The van der Waals surface area contributed by atoms with Crippen molar-refractivity contribution in [3.05, 3.63) is 52.7 Å². The third-order valence-electron chi connectivity index (χ3n) is 3.65. The van der Waals surface area contributed by atoms with E-state index in [1.54, 1.807) is 23.2 Å². The molecule has 1 unspecified atom stereocenters. The minimum Gasteiger partial charge on any atom is -0.337 e. The molecule has 0 aliphatic carbocycles. The molecule has 1 fully saturated rings. The van der Waals surface area contributed by atoms with Crippen LogP contribution in [0.15, 0.2) is 35.6 Å². The predicted molar refractivity (Wildman–Crippen MR) is 74.8 cm³/mol. The lowest BCUT2D eigenvalue weighted by Gasteiger charge is -2.32. The first-order valence-electron chi connectivity index (χ1n) is 6.84. The summed E-state index contributed by atoms with van der Waals surface area (Å²) in [5, 5.41) is 0. The molecule has 2 aromatic heterocycles. The Morgan fingerprint density at radius 1 is 1.29 bits per heavy atom. The van der Waals surface area contributed by atoms with Crippen LogP contribution in [0.25, 0.3) is 0 Å². The average molecular weight is 285 g/mol. The van der Waals surface area contributed by atoms with Crippen LogP contribution in [-0.4, -0.2) is 43.8 Å². The molecule has 1 N–H and O–H groups in total. The van der Waals surface area contributed by atoms with Gasteiger partial charge in [-0.25, -0.2) is 19.7 Å². The molecular formula is C14H15N5O2. The van der Waals surface area contributed by atoms with Gasteiger partial charge in [-0.3, -0.25) is 4.79 Å². The summed E-state index contributed by atoms with van der Waals surface area (Å²) in [6.45, 7) is 1.28. The molecule has 7 nitrogen and oxygen atoms in total. The van der Waals surface area contributed by atoms with Gasteiger partial charge in [-0.15, -0.1) is 0 Å². The normalized spacial score (nSPS) is 18.5. The lowest BCUT2D eigenvalue weighted by molar-refractivity contribution is 0.0699. The van der Waals surface area contributed by atoms with Crippen LogP contribution in [0, 0.1) is 0 Å². The van der Waals surface area contributed by atoms with Crippen LogP contribution in [0.5, 0.6) is 0 Å². The fraction of sp³-hybridized carbons (Fsp3) is 0.357. The minimum absolute atomic E-state index is 0.0986. The van der Waals surface area contributed by atoms with E-state index in [1.807, 2.05) is 0 Å². The van der Waals surface area contributed by atoms with E-state index in [4.69, 9.17) is 0 Å². The number of aromatic nitrogens is 4. The lowest BCUT2D eigenvalue weighted by Crippen LogP contribution is -2.40. The molecule has 0 spiro atoms. The van der Waals surface area contributed by atoms with Crippen LogP contribution >= 0.6 is 0 Å². The first-order valence-corrected chi connectivity index (χ1v) is 6.84. The van der Waals surface area contributed by atoms with Crippen LogP contribution in [0.1, 0.15) is 34.9 Å². The zero-order valence-corrected chi connectivity index (χ0v) is 11.4. The van der Waals surface area contributed by atoms with Gasteiger partial charge in [0.15, 0.2) is 0 Å². The molecular weight excluding hydrogens is 270 g/mol. The van der Waals surface area contributed by atoms with E-state index in [-0.39, 0.29) is 17.5 Å². The molecule has 0 saturated carbocycles. The number of rotatable bonds is 2. The van der Waals surface area contributed by atoms with E-state index in [0.29, 0.717) is 18.8 Å². The standard InChI is InChI=1S/C14H15N5O2/c20-13(12-3-5-15-9-17-12)19-7-1-2-10(8-19)11-4-6-16-14(21)18-11/h3-6,9-10H,1-2,7-8H2,(H,16,18,21). The number of likely N-dealkylation sites (tertiary alicyclic amines) is 1. The van der Waals surface area contributed by atoms with Crippen molar-refractivity contribution in [1.29, 1.82) is 0 Å². The molecule has 21 heavy (non-hydrogen) atoms. The maximum Gasteiger partial charge on any atom is 0.345 e. The van der Waals surface area contributed by atoms with E-state index in [1.165, 1.54) is 12.5 Å². The number of aromatic amines is 1. The smallest absolute Gasteiger partial charge is 0.337 e. The predicted octanol–water partition coefficient (Wildman–Crippen LogP) is 0.580. The van der Waals surface area contributed by atoms with Gasteiger partial charge in [-0.2, -0.15) is 0 Å². The van der Waals surface area contributed by atoms with Crippen LogP contribution < -0.4 is 5.69 Å². The maximum atomic E-state index is 12.4. The summed E-state index contributed by atoms with van der Waals surface area (Å²) in [7, 11) is 0. The first-order chi connectivity index (χ1) is 10.2. The fourth-order valence-corrected chi connectivity index (χ4v) is 2.62. The summed E-state index contributed by atoms with van der Waals surface area (Å²) in [6.07, 6.45) is 6.26. The molecule has 2 aromatic rings. The van der Waals surface area contributed by atoms with Crippen molar-refractivity contribution >= 4 is 5.91 Å². The summed E-state index contributed by atoms with van der Waals surface area (Å²) in [5.41, 5.74) is 0.871. The van der Waals surface area contributed by atoms with E-state index in [0.717, 1.165) is 18.5 Å². The van der Waals surface area contributed by atoms with Gasteiger partial charge in [0.05, 0.1) is 0 Å². The topological polar surface area (TPSA) is 91.8 Å². The number of nitrogens with zero attached hydrogens (tertiary/aromatic N) is 4. The van der Waals surface area contributed by atoms with Gasteiger partial charge in [-0.05, 0) is 25.0 Å². The SMILES string of the molecule is O=C(c1ccncn1)N1CCCC(c2ccnc(=O)[nH]2)C1. The molecule has 0 radical (unpaired) electrons. The Hall–Kier alpha value is -2.57. The molecule has 1 aliphatic rings. The largest absolute Gasteiger partial charge is 0.345 e. The number of nitrogens with one attached hydrogen (secondary N) is 1. The number of H-pyrrole nitrogens is 1. The molecule has 1 amide bonds. The fourth-order valence-electron chi connectivity index (χ4n) is 2.62. The Bertz CT molecular complexity index is 685. The van der Waals surface area contributed by atoms with Gasteiger partial charge in [0, 0.05) is 37.1 Å². The number of hydrogen-bond acceptors (Lipinski definition) is 5. The van der Waals surface area contributed by atoms with Crippen LogP contribution in [0.4, 0.5) is 0 Å². The Morgan fingerprint density at radius 2 is 2.19 bits per heavy atom. The third kappa shape index (κ3) is 2.96. The zero-order chi connectivity index (χ0) is 14.7. The molecule has 3 heterocycles. The molecule has 7 heteroatoms. The van der Waals surface area contributed by atoms with Gasteiger partial charge >= 0.3 is 5.69 Å². The lowest BCUT2D eigenvalue weighted by atomic mass is 9.94. The second kappa shape index (κ2) is 5.82. The molecule has 0 bridgehead atoms. The van der Waals surface area contributed by atoms with Crippen molar-refractivity contribution in [2.75, 3.05) is 13.1 Å². The minimum atomic E-state index is -0.355. The quantitative estimate of drug-likeness (QED) is 0.871. The second-order valence-electron chi connectivity index (χ2n) is 5.02. The number of carbonyl (C=O) groups excluding carboxylic acids is 1. The number of hydrogen-bond donors (Lipinski definition) is 1. The van der Waals surface area contributed by atoms with Crippen LogP contribution in [0.2, 0.25) is 0 Å². The molecule has 1 atom stereocenters. The summed E-state index contributed by atoms with van der Waals surface area (Å²) in [4.78, 5) is 39.7. The monoisotopic (exact) mass is 285 g/mol. The Labute approximate surface area is 121 Å². The zero-order valence-electron chi connectivity index (χ0n) is 11.4.